The maximum absolute atomic E-state index is 12.5. The molecule has 0 N–H and O–H groups in total. The molecule has 28 heavy (non-hydrogen) atoms. The van der Waals surface area contributed by atoms with Crippen LogP contribution in [0.25, 0.3) is 0 Å². The second kappa shape index (κ2) is 7.53. The van der Waals surface area contributed by atoms with E-state index in [0.717, 1.165) is 0 Å². The van der Waals surface area contributed by atoms with E-state index in [1.54, 1.807) is 0 Å². The lowest BCUT2D eigenvalue weighted by molar-refractivity contribution is -0.388. The Bertz CT molecular complexity index is 997. The number of alkyl halides is 6. The predicted molar refractivity (Wildman–Crippen MR) is 75.4 cm³/mol. The summed E-state index contributed by atoms with van der Waals surface area (Å²) in [7, 11) is -11.1. The fraction of sp³-hybridized carbons (Fsp3) is 0.364. The summed E-state index contributed by atoms with van der Waals surface area (Å²) in [6.07, 6.45) is -4.99. The second-order valence-electron chi connectivity index (χ2n) is 4.87. The van der Waals surface area contributed by atoms with Crippen LogP contribution in [0.1, 0.15) is 0 Å². The molecule has 0 saturated heterocycles. The number of ether oxygens (including phenoxy) is 1. The van der Waals surface area contributed by atoms with Crippen LogP contribution in [0.2, 0.25) is 0 Å². The summed E-state index contributed by atoms with van der Waals surface area (Å²) in [4.78, 5) is 17.6. The van der Waals surface area contributed by atoms with Gasteiger partial charge in [-0.3, -0.25) is 14.9 Å². The lowest BCUT2D eigenvalue weighted by atomic mass is 10.3. The number of sulfone groups is 2. The highest BCUT2D eigenvalue weighted by Gasteiger charge is 2.48. The molecule has 0 aliphatic rings. The third kappa shape index (κ3) is 5.54. The molecular weight excluding hydrogens is 452 g/mol. The topological polar surface area (TPSA) is 138 Å². The van der Waals surface area contributed by atoms with Crippen LogP contribution in [0.5, 0.6) is 0 Å². The van der Waals surface area contributed by atoms with Crippen LogP contribution in [0.4, 0.5) is 32.0 Å². The van der Waals surface area contributed by atoms with Crippen LogP contribution in [0.15, 0.2) is 28.0 Å². The second-order valence-corrected chi connectivity index (χ2v) is 8.77. The minimum absolute atomic E-state index is 0.0871. The molecule has 0 aromatic heterocycles. The van der Waals surface area contributed by atoms with Gasteiger partial charge in [0.15, 0.2) is 22.2 Å². The Morgan fingerprint density at radius 1 is 1.07 bits per heavy atom. The Balaban J connectivity index is 3.34. The largest absolute Gasteiger partial charge is 0.501 e. The van der Waals surface area contributed by atoms with Crippen molar-refractivity contribution in [3.05, 3.63) is 28.3 Å². The van der Waals surface area contributed by atoms with E-state index in [9.17, 15) is 58.1 Å². The van der Waals surface area contributed by atoms with Crippen molar-refractivity contribution in [1.82, 2.24) is 0 Å². The third-order valence-corrected chi connectivity index (χ3v) is 5.90. The number of benzene rings is 1. The first-order valence-corrected chi connectivity index (χ1v) is 9.57. The molecule has 158 valence electrons. The molecule has 0 bridgehead atoms. The molecule has 0 aliphatic heterocycles. The lowest BCUT2D eigenvalue weighted by Gasteiger charge is -2.10. The van der Waals surface area contributed by atoms with Crippen molar-refractivity contribution in [2.75, 3.05) is 12.4 Å². The zero-order chi connectivity index (χ0) is 22.1. The SMILES string of the molecule is O=C(CS(=O)(=O)c1ccc(S(=O)(=O)C(F)(F)F)cc1[N+](=O)[O-])OCC(F)(F)F. The first kappa shape index (κ1) is 23.6. The summed E-state index contributed by atoms with van der Waals surface area (Å²) in [6, 6.07) is 0.00361. The first-order valence-electron chi connectivity index (χ1n) is 6.43. The van der Waals surface area contributed by atoms with E-state index in [1.165, 1.54) is 0 Å². The number of esters is 1. The highest BCUT2D eigenvalue weighted by molar-refractivity contribution is 7.92. The van der Waals surface area contributed by atoms with Crippen LogP contribution in [0.3, 0.4) is 0 Å². The molecule has 1 rings (SSSR count). The number of hydrogen-bond donors (Lipinski definition) is 0. The monoisotopic (exact) mass is 459 g/mol. The number of hydrogen-bond acceptors (Lipinski definition) is 8. The minimum Gasteiger partial charge on any atom is -0.455 e. The van der Waals surface area contributed by atoms with Gasteiger partial charge in [-0.25, -0.2) is 16.8 Å². The molecule has 0 spiro atoms. The maximum Gasteiger partial charge on any atom is 0.501 e. The van der Waals surface area contributed by atoms with Gasteiger partial charge in [-0.2, -0.15) is 26.3 Å². The molecule has 0 radical (unpaired) electrons. The maximum atomic E-state index is 12.5. The molecule has 0 amide bonds. The van der Waals surface area contributed by atoms with Gasteiger partial charge in [-0.1, -0.05) is 0 Å². The van der Waals surface area contributed by atoms with E-state index >= 15 is 0 Å². The van der Waals surface area contributed by atoms with Crippen molar-refractivity contribution in [2.45, 2.75) is 21.5 Å². The zero-order valence-electron chi connectivity index (χ0n) is 12.9. The molecule has 9 nitrogen and oxygen atoms in total. The number of rotatable bonds is 6. The smallest absolute Gasteiger partial charge is 0.455 e. The molecule has 0 aliphatic carbocycles. The van der Waals surface area contributed by atoms with Crippen LogP contribution in [0, 0.1) is 10.1 Å². The summed E-state index contributed by atoms with van der Waals surface area (Å²) in [6.45, 7) is -2.15. The van der Waals surface area contributed by atoms with Gasteiger partial charge >= 0.3 is 17.7 Å². The van der Waals surface area contributed by atoms with E-state index in [1.807, 2.05) is 0 Å². The number of nitro benzene ring substituents is 1. The van der Waals surface area contributed by atoms with Crippen molar-refractivity contribution < 1.29 is 57.6 Å². The Labute approximate surface area is 151 Å². The molecule has 0 heterocycles. The molecule has 0 atom stereocenters. The van der Waals surface area contributed by atoms with E-state index < -0.39 is 70.1 Å². The van der Waals surface area contributed by atoms with Crippen LogP contribution >= 0.6 is 0 Å². The third-order valence-electron chi connectivity index (χ3n) is 2.78. The normalized spacial score (nSPS) is 13.2. The van der Waals surface area contributed by atoms with E-state index in [2.05, 4.69) is 4.74 Å². The average molecular weight is 459 g/mol. The van der Waals surface area contributed by atoms with Gasteiger partial charge in [0.05, 0.1) is 9.82 Å². The van der Waals surface area contributed by atoms with Crippen molar-refractivity contribution in [1.29, 1.82) is 0 Å². The van der Waals surface area contributed by atoms with E-state index in [-0.39, 0.29) is 18.2 Å². The van der Waals surface area contributed by atoms with Gasteiger partial charge < -0.3 is 4.74 Å². The fourth-order valence-electron chi connectivity index (χ4n) is 1.64. The van der Waals surface area contributed by atoms with E-state index in [0.29, 0.717) is 0 Å². The number of nitro groups is 1. The van der Waals surface area contributed by atoms with Gasteiger partial charge in [0.2, 0.25) is 0 Å². The predicted octanol–water partition coefficient (Wildman–Crippen LogP) is 1.77. The standard InChI is InChI=1S/C11H7F6NO8S2/c12-10(13,14)5-26-9(19)4-27(22,23)8-2-1-6(3-7(8)18(20)21)28(24,25)11(15,16)17/h1-3H,4-5H2. The summed E-state index contributed by atoms with van der Waals surface area (Å²) in [5.41, 5.74) is -7.48. The molecule has 0 saturated carbocycles. The first-order chi connectivity index (χ1) is 12.4. The molecule has 1 aromatic rings. The highest BCUT2D eigenvalue weighted by atomic mass is 32.2. The quantitative estimate of drug-likeness (QED) is 0.272. The van der Waals surface area contributed by atoms with Crippen molar-refractivity contribution >= 4 is 31.3 Å². The molecule has 0 fully saturated rings. The van der Waals surface area contributed by atoms with Crippen molar-refractivity contribution in [3.8, 4) is 0 Å². The molecule has 1 aromatic carbocycles. The van der Waals surface area contributed by atoms with Crippen molar-refractivity contribution in [3.63, 3.8) is 0 Å². The number of carbonyl (C=O) groups excluding carboxylic acids is 1. The number of halogens is 6. The summed E-state index contributed by atoms with van der Waals surface area (Å²) in [5.74, 6) is -3.76. The van der Waals surface area contributed by atoms with Crippen LogP contribution < -0.4 is 0 Å². The molecule has 17 heteroatoms. The number of carbonyl (C=O) groups is 1. The lowest BCUT2D eigenvalue weighted by Crippen LogP contribution is -2.26. The van der Waals surface area contributed by atoms with E-state index in [4.69, 9.17) is 0 Å². The summed E-state index contributed by atoms with van der Waals surface area (Å²) in [5, 5.41) is 10.9. The minimum atomic E-state index is -6.06. The van der Waals surface area contributed by atoms with Crippen LogP contribution in [-0.4, -0.2) is 51.8 Å². The van der Waals surface area contributed by atoms with Gasteiger partial charge in [0, 0.05) is 6.07 Å². The van der Waals surface area contributed by atoms with Gasteiger partial charge in [-0.15, -0.1) is 0 Å². The molecular formula is C11H7F6NO8S2. The van der Waals surface area contributed by atoms with Gasteiger partial charge in [0.1, 0.15) is 4.90 Å². The van der Waals surface area contributed by atoms with Gasteiger partial charge in [-0.05, 0) is 12.1 Å². The van der Waals surface area contributed by atoms with Crippen molar-refractivity contribution in [2.24, 2.45) is 0 Å². The Morgan fingerprint density at radius 3 is 2.04 bits per heavy atom. The molecule has 0 unspecified atom stereocenters. The Kier molecular flexibility index (Phi) is 6.35. The van der Waals surface area contributed by atoms with Crippen LogP contribution in [-0.2, 0) is 29.2 Å². The highest BCUT2D eigenvalue weighted by Crippen LogP contribution is 2.34. The zero-order valence-corrected chi connectivity index (χ0v) is 14.6. The summed E-state index contributed by atoms with van der Waals surface area (Å²) < 4.78 is 123. The Morgan fingerprint density at radius 2 is 1.61 bits per heavy atom. The Hall–Kier alpha value is -2.43. The fourth-order valence-corrected chi connectivity index (χ4v) is 3.70. The summed E-state index contributed by atoms with van der Waals surface area (Å²) >= 11 is 0. The van der Waals surface area contributed by atoms with Gasteiger partial charge in [0.25, 0.3) is 15.5 Å². The number of nitrogens with zero attached hydrogens (tertiary/aromatic N) is 1. The average Bonchev–Trinajstić information content (AvgIpc) is 2.50.